The predicted octanol–water partition coefficient (Wildman–Crippen LogP) is 0.109. The van der Waals surface area contributed by atoms with Gasteiger partial charge in [-0.1, -0.05) is 12.1 Å². The first-order chi connectivity index (χ1) is 7.06. The van der Waals surface area contributed by atoms with Gasteiger partial charge in [0.05, 0.1) is 5.69 Å². The molecule has 15 heavy (non-hydrogen) atoms. The van der Waals surface area contributed by atoms with E-state index in [0.717, 1.165) is 5.56 Å². The van der Waals surface area contributed by atoms with E-state index in [0.29, 0.717) is 17.1 Å². The topological polar surface area (TPSA) is 115 Å². The molecular weight excluding hydrogens is 196 g/mol. The maximum atomic E-state index is 10.9. The summed E-state index contributed by atoms with van der Waals surface area (Å²) in [6.45, 7) is 0.382. The second-order valence-corrected chi connectivity index (χ2v) is 2.88. The minimum atomic E-state index is -0.914. The van der Waals surface area contributed by atoms with Crippen LogP contribution in [0.1, 0.15) is 5.56 Å². The Morgan fingerprint density at radius 1 is 1.07 bits per heavy atom. The number of carbonyl (C=O) groups excluding carboxylic acids is 2. The van der Waals surface area contributed by atoms with Crippen molar-refractivity contribution in [1.82, 2.24) is 0 Å². The zero-order valence-electron chi connectivity index (χ0n) is 8.01. The number of amides is 4. The summed E-state index contributed by atoms with van der Waals surface area (Å²) < 4.78 is 0. The molecule has 0 fully saturated rings. The van der Waals surface area contributed by atoms with Gasteiger partial charge in [0.2, 0.25) is 0 Å². The maximum Gasteiger partial charge on any atom is 0.327 e. The van der Waals surface area contributed by atoms with Crippen LogP contribution in [0.2, 0.25) is 0 Å². The molecule has 0 spiro atoms. The number of anilines is 1. The van der Waals surface area contributed by atoms with Crippen molar-refractivity contribution >= 4 is 17.7 Å². The number of hydrogen-bond acceptors (Lipinski definition) is 3. The first-order valence-corrected chi connectivity index (χ1v) is 4.24. The van der Waals surface area contributed by atoms with Crippen molar-refractivity contribution in [3.63, 3.8) is 0 Å². The van der Waals surface area contributed by atoms with Crippen LogP contribution in [0.15, 0.2) is 24.3 Å². The highest BCUT2D eigenvalue weighted by Crippen LogP contribution is 2.14. The molecule has 0 unspecified atom stereocenters. The van der Waals surface area contributed by atoms with Crippen molar-refractivity contribution in [2.75, 3.05) is 4.90 Å². The molecule has 0 aliphatic rings. The van der Waals surface area contributed by atoms with Gasteiger partial charge in [-0.2, -0.15) is 0 Å². The third kappa shape index (κ3) is 2.44. The Kier molecular flexibility index (Phi) is 3.25. The van der Waals surface area contributed by atoms with E-state index < -0.39 is 12.1 Å². The van der Waals surface area contributed by atoms with Gasteiger partial charge in [-0.25, -0.2) is 14.5 Å². The van der Waals surface area contributed by atoms with Gasteiger partial charge >= 0.3 is 12.1 Å². The molecule has 1 aromatic carbocycles. The Morgan fingerprint density at radius 3 is 1.87 bits per heavy atom. The van der Waals surface area contributed by atoms with Gasteiger partial charge in [0.25, 0.3) is 0 Å². The second kappa shape index (κ2) is 4.43. The van der Waals surface area contributed by atoms with E-state index in [1.54, 1.807) is 24.3 Å². The SMILES string of the molecule is NCc1ccc(N(C(N)=O)C(N)=O)cc1. The molecule has 0 heterocycles. The molecule has 4 amide bonds. The van der Waals surface area contributed by atoms with Gasteiger partial charge < -0.3 is 17.2 Å². The molecule has 0 aliphatic carbocycles. The van der Waals surface area contributed by atoms with Gasteiger partial charge in [-0.05, 0) is 17.7 Å². The molecule has 0 saturated heterocycles. The van der Waals surface area contributed by atoms with E-state index in [4.69, 9.17) is 17.2 Å². The Balaban J connectivity index is 3.02. The molecule has 1 aromatic rings. The predicted molar refractivity (Wildman–Crippen MR) is 56.0 cm³/mol. The van der Waals surface area contributed by atoms with E-state index in [9.17, 15) is 9.59 Å². The molecule has 6 nitrogen and oxygen atoms in total. The molecule has 80 valence electrons. The summed E-state index contributed by atoms with van der Waals surface area (Å²) >= 11 is 0. The van der Waals surface area contributed by atoms with Gasteiger partial charge in [0.15, 0.2) is 0 Å². The van der Waals surface area contributed by atoms with Crippen molar-refractivity contribution in [2.45, 2.75) is 6.54 Å². The number of nitrogens with zero attached hydrogens (tertiary/aromatic N) is 1. The van der Waals surface area contributed by atoms with Crippen molar-refractivity contribution in [2.24, 2.45) is 17.2 Å². The third-order valence-corrected chi connectivity index (χ3v) is 1.87. The minimum Gasteiger partial charge on any atom is -0.351 e. The Morgan fingerprint density at radius 2 is 1.53 bits per heavy atom. The van der Waals surface area contributed by atoms with Gasteiger partial charge in [0, 0.05) is 6.54 Å². The fourth-order valence-corrected chi connectivity index (χ4v) is 1.14. The highest BCUT2D eigenvalue weighted by molar-refractivity contribution is 6.12. The van der Waals surface area contributed by atoms with Crippen molar-refractivity contribution < 1.29 is 9.59 Å². The standard InChI is InChI=1S/C9H12N4O2/c10-5-6-1-3-7(4-2-6)13(8(11)14)9(12)15/h1-4H,5,10H2,(H2,11,14)(H2,12,15). The summed E-state index contributed by atoms with van der Waals surface area (Å²) in [5.41, 5.74) is 16.6. The quantitative estimate of drug-likeness (QED) is 0.640. The Bertz CT molecular complexity index is 360. The number of imide groups is 1. The molecule has 6 heteroatoms. The number of rotatable bonds is 2. The maximum absolute atomic E-state index is 10.9. The van der Waals surface area contributed by atoms with Crippen LogP contribution in [-0.4, -0.2) is 12.1 Å². The molecule has 0 bridgehead atoms. The number of hydrogen-bond donors (Lipinski definition) is 3. The lowest BCUT2D eigenvalue weighted by atomic mass is 10.2. The molecule has 0 aromatic heterocycles. The Labute approximate surface area is 86.6 Å². The van der Waals surface area contributed by atoms with Gasteiger partial charge in [0.1, 0.15) is 0 Å². The van der Waals surface area contributed by atoms with E-state index in [1.807, 2.05) is 0 Å². The molecule has 0 atom stereocenters. The highest BCUT2D eigenvalue weighted by atomic mass is 16.2. The summed E-state index contributed by atoms with van der Waals surface area (Å²) in [6.07, 6.45) is 0. The zero-order chi connectivity index (χ0) is 11.4. The first kappa shape index (κ1) is 11.0. The largest absolute Gasteiger partial charge is 0.351 e. The normalized spacial score (nSPS) is 9.67. The summed E-state index contributed by atoms with van der Waals surface area (Å²) in [5.74, 6) is 0. The number of nitrogens with two attached hydrogens (primary N) is 3. The molecule has 0 saturated carbocycles. The highest BCUT2D eigenvalue weighted by Gasteiger charge is 2.17. The van der Waals surface area contributed by atoms with Crippen molar-refractivity contribution in [1.29, 1.82) is 0 Å². The summed E-state index contributed by atoms with van der Waals surface area (Å²) in [4.78, 5) is 22.5. The average Bonchev–Trinajstić information content (AvgIpc) is 2.18. The van der Waals surface area contributed by atoms with Crippen LogP contribution >= 0.6 is 0 Å². The van der Waals surface area contributed by atoms with Crippen molar-refractivity contribution in [3.05, 3.63) is 29.8 Å². The number of carbonyl (C=O) groups is 2. The lowest BCUT2D eigenvalue weighted by Crippen LogP contribution is -2.44. The van der Waals surface area contributed by atoms with Crippen molar-refractivity contribution in [3.8, 4) is 0 Å². The molecule has 1 rings (SSSR count). The second-order valence-electron chi connectivity index (χ2n) is 2.88. The minimum absolute atomic E-state index is 0.326. The zero-order valence-corrected chi connectivity index (χ0v) is 8.01. The molecule has 0 aliphatic heterocycles. The molecule has 0 radical (unpaired) electrons. The van der Waals surface area contributed by atoms with Crippen LogP contribution in [0, 0.1) is 0 Å². The smallest absolute Gasteiger partial charge is 0.327 e. The number of benzene rings is 1. The van der Waals surface area contributed by atoms with E-state index in [1.165, 1.54) is 0 Å². The Hall–Kier alpha value is -2.08. The van der Waals surface area contributed by atoms with Crippen LogP contribution in [0.5, 0.6) is 0 Å². The summed E-state index contributed by atoms with van der Waals surface area (Å²) in [5, 5.41) is 0. The van der Waals surface area contributed by atoms with E-state index in [2.05, 4.69) is 0 Å². The lowest BCUT2D eigenvalue weighted by molar-refractivity contribution is 0.243. The van der Waals surface area contributed by atoms with Crippen LogP contribution in [0.4, 0.5) is 15.3 Å². The van der Waals surface area contributed by atoms with Crippen LogP contribution in [-0.2, 0) is 6.54 Å². The summed E-state index contributed by atoms with van der Waals surface area (Å²) in [6, 6.07) is 4.66. The lowest BCUT2D eigenvalue weighted by Gasteiger charge is -2.15. The van der Waals surface area contributed by atoms with E-state index >= 15 is 0 Å². The van der Waals surface area contributed by atoms with Crippen LogP contribution in [0.25, 0.3) is 0 Å². The van der Waals surface area contributed by atoms with Crippen LogP contribution in [0.3, 0.4) is 0 Å². The monoisotopic (exact) mass is 208 g/mol. The van der Waals surface area contributed by atoms with Gasteiger partial charge in [-0.3, -0.25) is 0 Å². The number of primary amides is 2. The first-order valence-electron chi connectivity index (χ1n) is 4.24. The molecule has 6 N–H and O–H groups in total. The fourth-order valence-electron chi connectivity index (χ4n) is 1.14. The average molecular weight is 208 g/mol. The van der Waals surface area contributed by atoms with Crippen LogP contribution < -0.4 is 22.1 Å². The number of urea groups is 2. The summed E-state index contributed by atoms with van der Waals surface area (Å²) in [7, 11) is 0. The fraction of sp³-hybridized carbons (Fsp3) is 0.111. The van der Waals surface area contributed by atoms with E-state index in [-0.39, 0.29) is 0 Å². The molecular formula is C9H12N4O2. The van der Waals surface area contributed by atoms with Gasteiger partial charge in [-0.15, -0.1) is 0 Å². The third-order valence-electron chi connectivity index (χ3n) is 1.87.